The molecule has 2 aliphatic rings. The van der Waals surface area contributed by atoms with E-state index in [-0.39, 0.29) is 22.9 Å². The molecular weight excluding hydrogens is 360 g/mol. The predicted octanol–water partition coefficient (Wildman–Crippen LogP) is 1.72. The third-order valence-corrected chi connectivity index (χ3v) is 7.27. The molecule has 1 aromatic carbocycles. The number of carbonyl (C=O) groups is 1. The van der Waals surface area contributed by atoms with Gasteiger partial charge in [-0.15, -0.1) is 0 Å². The average molecular weight is 385 g/mol. The van der Waals surface area contributed by atoms with Gasteiger partial charge < -0.3 is 9.64 Å². The number of thioether (sulfide) groups is 1. The maximum atomic E-state index is 12.8. The highest BCUT2D eigenvalue weighted by molar-refractivity contribution is 7.99. The van der Waals surface area contributed by atoms with Crippen LogP contribution in [0.25, 0.3) is 0 Å². The van der Waals surface area contributed by atoms with Gasteiger partial charge in [0, 0.05) is 31.3 Å². The molecule has 2 fully saturated rings. The number of rotatable bonds is 5. The van der Waals surface area contributed by atoms with E-state index >= 15 is 0 Å². The highest BCUT2D eigenvalue weighted by Crippen LogP contribution is 2.23. The first kappa shape index (κ1) is 18.7. The molecule has 25 heavy (non-hydrogen) atoms. The smallest absolute Gasteiger partial charge is 0.253 e. The van der Waals surface area contributed by atoms with Gasteiger partial charge in [0.15, 0.2) is 0 Å². The second kappa shape index (κ2) is 8.07. The zero-order valence-corrected chi connectivity index (χ0v) is 15.9. The van der Waals surface area contributed by atoms with E-state index in [1.807, 2.05) is 11.8 Å². The lowest BCUT2D eigenvalue weighted by Crippen LogP contribution is -2.39. The van der Waals surface area contributed by atoms with Gasteiger partial charge in [0.25, 0.3) is 5.91 Å². The molecular formula is C17H24N2O4S2. The van der Waals surface area contributed by atoms with Crippen molar-refractivity contribution in [1.82, 2.24) is 9.62 Å². The van der Waals surface area contributed by atoms with E-state index in [2.05, 4.69) is 4.72 Å². The van der Waals surface area contributed by atoms with Crippen LogP contribution in [0.5, 0.6) is 0 Å². The third kappa shape index (κ3) is 4.55. The molecule has 2 aliphatic heterocycles. The number of nitrogens with zero attached hydrogens (tertiary/aromatic N) is 1. The summed E-state index contributed by atoms with van der Waals surface area (Å²) in [5.41, 5.74) is 0.409. The van der Waals surface area contributed by atoms with Crippen LogP contribution in [0.4, 0.5) is 0 Å². The largest absolute Gasteiger partial charge is 0.380 e. The summed E-state index contributed by atoms with van der Waals surface area (Å²) in [6, 6.07) is 6.31. The molecule has 0 bridgehead atoms. The normalized spacial score (nSPS) is 22.0. The van der Waals surface area contributed by atoms with Crippen molar-refractivity contribution in [3.8, 4) is 0 Å². The molecule has 0 aromatic heterocycles. The Labute approximate surface area is 153 Å². The van der Waals surface area contributed by atoms with E-state index in [4.69, 9.17) is 4.74 Å². The minimum atomic E-state index is -3.65. The SMILES string of the molecule is CN(C(=O)c1cccc(S(=O)(=O)N[C@H]2CCOC2)c1)C1CCSCC1. The van der Waals surface area contributed by atoms with E-state index in [0.717, 1.165) is 24.3 Å². The number of ether oxygens (including phenoxy) is 1. The van der Waals surface area contributed by atoms with Gasteiger partial charge >= 0.3 is 0 Å². The van der Waals surface area contributed by atoms with Crippen LogP contribution in [-0.4, -0.2) is 63.1 Å². The first-order valence-corrected chi connectivity index (χ1v) is 11.2. The highest BCUT2D eigenvalue weighted by atomic mass is 32.2. The molecule has 8 heteroatoms. The quantitative estimate of drug-likeness (QED) is 0.837. The van der Waals surface area contributed by atoms with Crippen LogP contribution in [0.3, 0.4) is 0 Å². The van der Waals surface area contributed by atoms with Crippen molar-refractivity contribution < 1.29 is 17.9 Å². The van der Waals surface area contributed by atoms with Gasteiger partial charge in [-0.05, 0) is 49.0 Å². The van der Waals surface area contributed by atoms with Crippen LogP contribution in [-0.2, 0) is 14.8 Å². The van der Waals surface area contributed by atoms with Gasteiger partial charge in [-0.3, -0.25) is 4.79 Å². The number of amides is 1. The Morgan fingerprint density at radius 1 is 1.28 bits per heavy atom. The number of hydrogen-bond donors (Lipinski definition) is 1. The first-order valence-electron chi connectivity index (χ1n) is 8.52. The molecule has 6 nitrogen and oxygen atoms in total. The topological polar surface area (TPSA) is 75.7 Å². The molecule has 1 aromatic rings. The Balaban J connectivity index is 1.74. The van der Waals surface area contributed by atoms with Crippen LogP contribution in [0.1, 0.15) is 29.6 Å². The number of benzene rings is 1. The Morgan fingerprint density at radius 2 is 2.04 bits per heavy atom. The molecule has 1 atom stereocenters. The van der Waals surface area contributed by atoms with Crippen molar-refractivity contribution in [3.05, 3.63) is 29.8 Å². The van der Waals surface area contributed by atoms with Crippen molar-refractivity contribution in [2.45, 2.75) is 36.2 Å². The summed E-state index contributed by atoms with van der Waals surface area (Å²) in [6.07, 6.45) is 2.63. The zero-order chi connectivity index (χ0) is 17.9. The second-order valence-electron chi connectivity index (χ2n) is 6.47. The fourth-order valence-corrected chi connectivity index (χ4v) is 5.54. The molecule has 0 radical (unpaired) electrons. The molecule has 1 N–H and O–H groups in total. The summed E-state index contributed by atoms with van der Waals surface area (Å²) in [5.74, 6) is 1.99. The molecule has 1 amide bonds. The fraction of sp³-hybridized carbons (Fsp3) is 0.588. The van der Waals surface area contributed by atoms with E-state index in [0.29, 0.717) is 25.2 Å². The number of sulfonamides is 1. The fourth-order valence-electron chi connectivity index (χ4n) is 3.15. The summed E-state index contributed by atoms with van der Waals surface area (Å²) in [6.45, 7) is 0.955. The van der Waals surface area contributed by atoms with E-state index < -0.39 is 10.0 Å². The number of hydrogen-bond acceptors (Lipinski definition) is 5. The van der Waals surface area contributed by atoms with Gasteiger partial charge in [0.05, 0.1) is 11.5 Å². The Morgan fingerprint density at radius 3 is 2.72 bits per heavy atom. The number of nitrogens with one attached hydrogen (secondary N) is 1. The van der Waals surface area contributed by atoms with Crippen molar-refractivity contribution >= 4 is 27.7 Å². The third-order valence-electron chi connectivity index (χ3n) is 4.70. The predicted molar refractivity (Wildman–Crippen MR) is 98.4 cm³/mol. The van der Waals surface area contributed by atoms with Gasteiger partial charge in [0.1, 0.15) is 0 Å². The van der Waals surface area contributed by atoms with E-state index in [1.165, 1.54) is 12.1 Å². The Kier molecular flexibility index (Phi) is 6.04. The Hall–Kier alpha value is -1.09. The summed E-state index contributed by atoms with van der Waals surface area (Å²) >= 11 is 1.91. The molecule has 0 aliphatic carbocycles. The molecule has 3 rings (SSSR count). The average Bonchev–Trinajstić information content (AvgIpc) is 3.13. The minimum Gasteiger partial charge on any atom is -0.380 e. The maximum Gasteiger partial charge on any atom is 0.253 e. The minimum absolute atomic E-state index is 0.123. The molecule has 0 saturated carbocycles. The lowest BCUT2D eigenvalue weighted by Gasteiger charge is -2.31. The second-order valence-corrected chi connectivity index (χ2v) is 9.41. The Bertz CT molecular complexity index is 711. The van der Waals surface area contributed by atoms with Crippen LogP contribution >= 0.6 is 11.8 Å². The van der Waals surface area contributed by atoms with Gasteiger partial charge in [-0.1, -0.05) is 6.07 Å². The van der Waals surface area contributed by atoms with E-state index in [1.54, 1.807) is 24.1 Å². The lowest BCUT2D eigenvalue weighted by molar-refractivity contribution is 0.0723. The molecule has 0 spiro atoms. The van der Waals surface area contributed by atoms with Crippen LogP contribution in [0.2, 0.25) is 0 Å². The van der Waals surface area contributed by atoms with Crippen LogP contribution < -0.4 is 4.72 Å². The lowest BCUT2D eigenvalue weighted by atomic mass is 10.1. The van der Waals surface area contributed by atoms with Gasteiger partial charge in [0.2, 0.25) is 10.0 Å². The summed E-state index contributed by atoms with van der Waals surface area (Å²) < 4.78 is 32.9. The van der Waals surface area contributed by atoms with Gasteiger partial charge in [-0.2, -0.15) is 11.8 Å². The van der Waals surface area contributed by atoms with Crippen molar-refractivity contribution in [3.63, 3.8) is 0 Å². The summed E-state index contributed by atoms with van der Waals surface area (Å²) in [4.78, 5) is 14.6. The van der Waals surface area contributed by atoms with Crippen molar-refractivity contribution in [2.24, 2.45) is 0 Å². The van der Waals surface area contributed by atoms with Gasteiger partial charge in [-0.25, -0.2) is 13.1 Å². The molecule has 138 valence electrons. The molecule has 2 saturated heterocycles. The van der Waals surface area contributed by atoms with E-state index in [9.17, 15) is 13.2 Å². The van der Waals surface area contributed by atoms with Crippen LogP contribution in [0, 0.1) is 0 Å². The number of carbonyl (C=O) groups excluding carboxylic acids is 1. The first-order chi connectivity index (χ1) is 12.0. The van der Waals surface area contributed by atoms with Crippen molar-refractivity contribution in [2.75, 3.05) is 31.8 Å². The van der Waals surface area contributed by atoms with Crippen molar-refractivity contribution in [1.29, 1.82) is 0 Å². The summed E-state index contributed by atoms with van der Waals surface area (Å²) in [7, 11) is -1.85. The van der Waals surface area contributed by atoms with Crippen LogP contribution in [0.15, 0.2) is 29.2 Å². The standard InChI is InChI=1S/C17H24N2O4S2/c1-19(15-6-9-24-10-7-15)17(20)13-3-2-4-16(11-13)25(21,22)18-14-5-8-23-12-14/h2-4,11,14-15,18H,5-10,12H2,1H3/t14-/m0/s1. The highest BCUT2D eigenvalue weighted by Gasteiger charge is 2.26. The zero-order valence-electron chi connectivity index (χ0n) is 14.3. The monoisotopic (exact) mass is 384 g/mol. The summed E-state index contributed by atoms with van der Waals surface area (Å²) in [5, 5.41) is 0. The molecule has 0 unspecified atom stereocenters. The maximum absolute atomic E-state index is 12.8. The molecule has 2 heterocycles.